The first kappa shape index (κ1) is 18.3. The summed E-state index contributed by atoms with van der Waals surface area (Å²) in [5.74, 6) is 0.339. The molecule has 130 valence electrons. The summed E-state index contributed by atoms with van der Waals surface area (Å²) < 4.78 is 51.2. The van der Waals surface area contributed by atoms with Crippen LogP contribution in [0.5, 0.6) is 0 Å². The van der Waals surface area contributed by atoms with Crippen LogP contribution in [0.2, 0.25) is 0 Å². The molecule has 23 heavy (non-hydrogen) atoms. The van der Waals surface area contributed by atoms with Crippen LogP contribution in [0.15, 0.2) is 18.2 Å². The van der Waals surface area contributed by atoms with Crippen molar-refractivity contribution in [3.05, 3.63) is 35.1 Å². The van der Waals surface area contributed by atoms with E-state index in [0.717, 1.165) is 24.5 Å². The van der Waals surface area contributed by atoms with Gasteiger partial charge in [0.05, 0.1) is 5.56 Å². The van der Waals surface area contributed by atoms with E-state index in [-0.39, 0.29) is 0 Å². The highest BCUT2D eigenvalue weighted by atomic mass is 19.4. The molecule has 1 fully saturated rings. The van der Waals surface area contributed by atoms with Gasteiger partial charge in [0.15, 0.2) is 0 Å². The average molecular weight is 330 g/mol. The summed E-state index contributed by atoms with van der Waals surface area (Å²) >= 11 is 0. The first-order chi connectivity index (χ1) is 10.9. The van der Waals surface area contributed by atoms with Crippen LogP contribution in [0.3, 0.4) is 0 Å². The molecule has 1 aliphatic rings. The molecule has 0 aromatic heterocycles. The molecule has 0 radical (unpaired) electrons. The van der Waals surface area contributed by atoms with Crippen LogP contribution in [0.4, 0.5) is 17.6 Å². The van der Waals surface area contributed by atoms with Crippen LogP contribution in [-0.2, 0) is 12.6 Å². The van der Waals surface area contributed by atoms with Crippen molar-refractivity contribution < 1.29 is 17.6 Å². The van der Waals surface area contributed by atoms with Gasteiger partial charge in [-0.2, -0.15) is 13.2 Å². The molecule has 0 amide bonds. The minimum Gasteiger partial charge on any atom is -0.206 e. The molecule has 0 atom stereocenters. The maximum absolute atomic E-state index is 13.6. The molecule has 1 saturated carbocycles. The van der Waals surface area contributed by atoms with E-state index in [0.29, 0.717) is 17.9 Å². The zero-order valence-electron chi connectivity index (χ0n) is 13.8. The number of unbranched alkanes of at least 4 members (excludes halogenated alkanes) is 1. The highest BCUT2D eigenvalue weighted by Gasteiger charge is 2.33. The van der Waals surface area contributed by atoms with E-state index in [1.54, 1.807) is 0 Å². The summed E-state index contributed by atoms with van der Waals surface area (Å²) in [6.45, 7) is 2.22. The Hall–Kier alpha value is -1.06. The van der Waals surface area contributed by atoms with Gasteiger partial charge in [0.25, 0.3) is 0 Å². The smallest absolute Gasteiger partial charge is 0.206 e. The Morgan fingerprint density at radius 2 is 1.61 bits per heavy atom. The number of rotatable bonds is 6. The van der Waals surface area contributed by atoms with Crippen molar-refractivity contribution >= 4 is 0 Å². The lowest BCUT2D eigenvalue weighted by Crippen LogP contribution is -2.15. The fourth-order valence-electron chi connectivity index (χ4n) is 3.62. The van der Waals surface area contributed by atoms with Crippen LogP contribution in [0.25, 0.3) is 0 Å². The van der Waals surface area contributed by atoms with Gasteiger partial charge >= 0.3 is 6.18 Å². The third-order valence-corrected chi connectivity index (χ3v) is 5.11. The topological polar surface area (TPSA) is 0 Å². The lowest BCUT2D eigenvalue weighted by atomic mass is 9.78. The maximum atomic E-state index is 13.6. The Morgan fingerprint density at radius 3 is 2.13 bits per heavy atom. The summed E-state index contributed by atoms with van der Waals surface area (Å²) in [4.78, 5) is 0. The second kappa shape index (κ2) is 8.16. The van der Waals surface area contributed by atoms with Gasteiger partial charge in [-0.15, -0.1) is 0 Å². The van der Waals surface area contributed by atoms with Crippen LogP contribution in [0.1, 0.15) is 69.4 Å². The third-order valence-electron chi connectivity index (χ3n) is 5.11. The lowest BCUT2D eigenvalue weighted by Gasteiger charge is -2.28. The second-order valence-electron chi connectivity index (χ2n) is 6.88. The molecule has 1 aromatic carbocycles. The number of hydrogen-bond donors (Lipinski definition) is 0. The van der Waals surface area contributed by atoms with Gasteiger partial charge in [-0.3, -0.25) is 0 Å². The van der Waals surface area contributed by atoms with Crippen LogP contribution in [0, 0.1) is 17.7 Å². The summed E-state index contributed by atoms with van der Waals surface area (Å²) in [6.07, 6.45) is 5.84. The number of benzene rings is 1. The Bertz CT molecular complexity index is 485. The minimum absolute atomic E-state index is 0.637. The minimum atomic E-state index is -4.61. The fraction of sp³-hybridized carbons (Fsp3) is 0.684. The van der Waals surface area contributed by atoms with Crippen molar-refractivity contribution in [2.75, 3.05) is 0 Å². The first-order valence-electron chi connectivity index (χ1n) is 8.75. The van der Waals surface area contributed by atoms with Gasteiger partial charge in [0.1, 0.15) is 5.82 Å². The van der Waals surface area contributed by atoms with Gasteiger partial charge in [-0.05, 0) is 42.4 Å². The SMILES string of the molecule is CCCCC1CCC(CCc2ccc(C(F)(F)F)c(F)c2)CC1. The lowest BCUT2D eigenvalue weighted by molar-refractivity contribution is -0.140. The van der Waals surface area contributed by atoms with Crippen molar-refractivity contribution in [1.82, 2.24) is 0 Å². The van der Waals surface area contributed by atoms with E-state index < -0.39 is 17.6 Å². The first-order valence-corrected chi connectivity index (χ1v) is 8.75. The second-order valence-corrected chi connectivity index (χ2v) is 6.88. The van der Waals surface area contributed by atoms with Gasteiger partial charge in [0, 0.05) is 0 Å². The Kier molecular flexibility index (Phi) is 6.49. The largest absolute Gasteiger partial charge is 0.419 e. The maximum Gasteiger partial charge on any atom is 0.419 e. The average Bonchev–Trinajstić information content (AvgIpc) is 2.50. The van der Waals surface area contributed by atoms with E-state index in [1.165, 1.54) is 51.0 Å². The molecule has 0 heterocycles. The summed E-state index contributed by atoms with van der Waals surface area (Å²) in [7, 11) is 0. The van der Waals surface area contributed by atoms with E-state index in [4.69, 9.17) is 0 Å². The predicted molar refractivity (Wildman–Crippen MR) is 84.7 cm³/mol. The molecule has 4 heteroatoms. The molecule has 0 bridgehead atoms. The van der Waals surface area contributed by atoms with E-state index in [2.05, 4.69) is 6.92 Å². The standard InChI is InChI=1S/C19H26F4/c1-2-3-4-14-5-7-15(8-6-14)9-10-16-11-12-17(18(20)13-16)19(21,22)23/h11-15H,2-10H2,1H3. The van der Waals surface area contributed by atoms with Gasteiger partial charge in [0.2, 0.25) is 0 Å². The van der Waals surface area contributed by atoms with Crippen LogP contribution in [-0.4, -0.2) is 0 Å². The molecule has 0 unspecified atom stereocenters. The van der Waals surface area contributed by atoms with E-state index in [9.17, 15) is 17.6 Å². The Morgan fingerprint density at radius 1 is 1.00 bits per heavy atom. The molecular formula is C19H26F4. The molecule has 0 saturated heterocycles. The van der Waals surface area contributed by atoms with Crippen LogP contribution >= 0.6 is 0 Å². The van der Waals surface area contributed by atoms with Gasteiger partial charge in [-0.25, -0.2) is 4.39 Å². The molecule has 0 N–H and O–H groups in total. The highest BCUT2D eigenvalue weighted by molar-refractivity contribution is 5.26. The monoisotopic (exact) mass is 330 g/mol. The summed E-state index contributed by atoms with van der Waals surface area (Å²) in [5, 5.41) is 0. The predicted octanol–water partition coefficient (Wildman–Crippen LogP) is 6.77. The van der Waals surface area contributed by atoms with Crippen molar-refractivity contribution in [2.24, 2.45) is 11.8 Å². The Labute approximate surface area is 136 Å². The number of aryl methyl sites for hydroxylation is 1. The normalized spacial score (nSPS) is 22.3. The molecule has 0 spiro atoms. The summed E-state index contributed by atoms with van der Waals surface area (Å²) in [5.41, 5.74) is -0.499. The quantitative estimate of drug-likeness (QED) is 0.505. The van der Waals surface area contributed by atoms with Crippen molar-refractivity contribution in [1.29, 1.82) is 0 Å². The molecule has 1 aliphatic carbocycles. The molecular weight excluding hydrogens is 304 g/mol. The number of alkyl halides is 3. The van der Waals surface area contributed by atoms with Crippen molar-refractivity contribution in [2.45, 2.75) is 70.9 Å². The summed E-state index contributed by atoms with van der Waals surface area (Å²) in [6, 6.07) is 3.33. The highest BCUT2D eigenvalue weighted by Crippen LogP contribution is 2.35. The molecule has 2 rings (SSSR count). The zero-order valence-corrected chi connectivity index (χ0v) is 13.8. The number of halogens is 4. The third kappa shape index (κ3) is 5.50. The molecule has 0 aliphatic heterocycles. The van der Waals surface area contributed by atoms with E-state index in [1.807, 2.05) is 0 Å². The van der Waals surface area contributed by atoms with Crippen LogP contribution < -0.4 is 0 Å². The van der Waals surface area contributed by atoms with Crippen molar-refractivity contribution in [3.8, 4) is 0 Å². The fourth-order valence-corrected chi connectivity index (χ4v) is 3.62. The van der Waals surface area contributed by atoms with E-state index >= 15 is 0 Å². The van der Waals surface area contributed by atoms with Gasteiger partial charge < -0.3 is 0 Å². The zero-order chi connectivity index (χ0) is 16.9. The molecule has 1 aromatic rings. The van der Waals surface area contributed by atoms with Gasteiger partial charge in [-0.1, -0.05) is 57.9 Å². The molecule has 0 nitrogen and oxygen atoms in total. The van der Waals surface area contributed by atoms with Crippen molar-refractivity contribution in [3.63, 3.8) is 0 Å². The number of hydrogen-bond acceptors (Lipinski definition) is 0. The Balaban J connectivity index is 1.80.